The van der Waals surface area contributed by atoms with Crippen molar-refractivity contribution in [1.29, 1.82) is 0 Å². The largest absolute Gasteiger partial charge is 0.418 e. The van der Waals surface area contributed by atoms with Crippen LogP contribution in [0.3, 0.4) is 0 Å². The van der Waals surface area contributed by atoms with Crippen molar-refractivity contribution in [2.24, 2.45) is 0 Å². The molecule has 0 aliphatic carbocycles. The molecule has 4 aromatic rings. The minimum atomic E-state index is -4.57. The summed E-state index contributed by atoms with van der Waals surface area (Å²) in [6.07, 6.45) is 2.28. The lowest BCUT2D eigenvalue weighted by Gasteiger charge is -2.14. The first-order valence-electron chi connectivity index (χ1n) is 9.02. The number of para-hydroxylation sites is 1. The average Bonchev–Trinajstić information content (AvgIpc) is 3.42. The fourth-order valence-electron chi connectivity index (χ4n) is 2.85. The molecule has 4 rings (SSSR count). The van der Waals surface area contributed by atoms with Crippen LogP contribution in [0.2, 0.25) is 0 Å². The lowest BCUT2D eigenvalue weighted by molar-refractivity contribution is -0.137. The van der Waals surface area contributed by atoms with Crippen LogP contribution < -0.4 is 5.32 Å². The molecule has 1 aromatic carbocycles. The molecule has 0 spiro atoms. The average molecular weight is 444 g/mol. The van der Waals surface area contributed by atoms with Crippen molar-refractivity contribution in [2.45, 2.75) is 11.3 Å². The van der Waals surface area contributed by atoms with Crippen molar-refractivity contribution in [3.05, 3.63) is 78.9 Å². The van der Waals surface area contributed by atoms with Gasteiger partial charge in [-0.1, -0.05) is 23.9 Å². The van der Waals surface area contributed by atoms with Gasteiger partial charge in [0, 0.05) is 30.4 Å². The van der Waals surface area contributed by atoms with E-state index in [9.17, 15) is 18.0 Å². The first kappa shape index (κ1) is 20.7. The number of hydrogen-bond donors (Lipinski definition) is 1. The molecule has 3 heterocycles. The number of nitrogens with one attached hydrogen (secondary N) is 1. The Morgan fingerprint density at radius 3 is 2.52 bits per heavy atom. The summed E-state index contributed by atoms with van der Waals surface area (Å²) in [6.45, 7) is 0. The number of amides is 1. The highest BCUT2D eigenvalue weighted by Gasteiger charge is 2.33. The lowest BCUT2D eigenvalue weighted by atomic mass is 10.1. The molecule has 158 valence electrons. The number of aromatic nitrogens is 5. The SMILES string of the molecule is O=C(CSc1nnc(-c2cccnc2)n1-n1cccc1)Nc1ccccc1C(F)(F)F. The molecular weight excluding hydrogens is 429 g/mol. The Kier molecular flexibility index (Phi) is 5.76. The number of thioether (sulfide) groups is 1. The predicted octanol–water partition coefficient (Wildman–Crippen LogP) is 4.20. The summed E-state index contributed by atoms with van der Waals surface area (Å²) in [5.41, 5.74) is -0.467. The number of hydrogen-bond acceptors (Lipinski definition) is 5. The Morgan fingerprint density at radius 1 is 1.03 bits per heavy atom. The maximum atomic E-state index is 13.1. The second-order valence-electron chi connectivity index (χ2n) is 6.30. The van der Waals surface area contributed by atoms with Gasteiger partial charge in [-0.2, -0.15) is 13.2 Å². The summed E-state index contributed by atoms with van der Waals surface area (Å²) < 4.78 is 42.8. The van der Waals surface area contributed by atoms with E-state index in [1.54, 1.807) is 40.2 Å². The fraction of sp³-hybridized carbons (Fsp3) is 0.100. The zero-order chi connectivity index (χ0) is 21.8. The van der Waals surface area contributed by atoms with E-state index in [0.29, 0.717) is 11.0 Å². The molecule has 11 heteroatoms. The Hall–Kier alpha value is -3.60. The fourth-order valence-corrected chi connectivity index (χ4v) is 3.59. The van der Waals surface area contributed by atoms with E-state index >= 15 is 0 Å². The van der Waals surface area contributed by atoms with E-state index in [4.69, 9.17) is 0 Å². The number of anilines is 1. The summed E-state index contributed by atoms with van der Waals surface area (Å²) in [5.74, 6) is -0.236. The molecule has 0 aliphatic rings. The third-order valence-electron chi connectivity index (χ3n) is 4.19. The van der Waals surface area contributed by atoms with Crippen molar-refractivity contribution in [2.75, 3.05) is 11.1 Å². The van der Waals surface area contributed by atoms with E-state index < -0.39 is 17.6 Å². The summed E-state index contributed by atoms with van der Waals surface area (Å²) >= 11 is 1.06. The normalized spacial score (nSPS) is 11.5. The van der Waals surface area contributed by atoms with Crippen LogP contribution in [0.1, 0.15) is 5.56 Å². The van der Waals surface area contributed by atoms with Crippen molar-refractivity contribution < 1.29 is 18.0 Å². The first-order valence-corrected chi connectivity index (χ1v) is 10.0. The van der Waals surface area contributed by atoms with Crippen LogP contribution in [0, 0.1) is 0 Å². The quantitative estimate of drug-likeness (QED) is 0.451. The molecule has 0 bridgehead atoms. The number of nitrogens with zero attached hydrogens (tertiary/aromatic N) is 5. The van der Waals surface area contributed by atoms with Crippen LogP contribution in [-0.4, -0.2) is 36.2 Å². The zero-order valence-corrected chi connectivity index (χ0v) is 16.6. The van der Waals surface area contributed by atoms with Gasteiger partial charge in [-0.3, -0.25) is 14.5 Å². The van der Waals surface area contributed by atoms with Gasteiger partial charge < -0.3 is 5.32 Å². The highest BCUT2D eigenvalue weighted by molar-refractivity contribution is 7.99. The number of rotatable bonds is 6. The molecule has 1 N–H and O–H groups in total. The molecular formula is C20H15F3N6OS. The minimum absolute atomic E-state index is 0.154. The van der Waals surface area contributed by atoms with Crippen LogP contribution in [0.25, 0.3) is 11.4 Å². The molecule has 0 radical (unpaired) electrons. The lowest BCUT2D eigenvalue weighted by Crippen LogP contribution is -2.18. The van der Waals surface area contributed by atoms with Crippen LogP contribution >= 0.6 is 11.8 Å². The molecule has 0 atom stereocenters. The Bertz CT molecular complexity index is 1180. The van der Waals surface area contributed by atoms with Gasteiger partial charge in [0.1, 0.15) is 0 Å². The van der Waals surface area contributed by atoms with Gasteiger partial charge in [0.05, 0.1) is 17.0 Å². The van der Waals surface area contributed by atoms with Gasteiger partial charge in [-0.15, -0.1) is 10.2 Å². The maximum absolute atomic E-state index is 13.1. The van der Waals surface area contributed by atoms with Crippen LogP contribution in [0.5, 0.6) is 0 Å². The highest BCUT2D eigenvalue weighted by atomic mass is 32.2. The van der Waals surface area contributed by atoms with Gasteiger partial charge >= 0.3 is 6.18 Å². The van der Waals surface area contributed by atoms with Crippen LogP contribution in [-0.2, 0) is 11.0 Å². The van der Waals surface area contributed by atoms with Crippen molar-refractivity contribution >= 4 is 23.4 Å². The third-order valence-corrected chi connectivity index (χ3v) is 5.11. The summed E-state index contributed by atoms with van der Waals surface area (Å²) in [4.78, 5) is 16.5. The predicted molar refractivity (Wildman–Crippen MR) is 109 cm³/mol. The molecule has 0 unspecified atom stereocenters. The van der Waals surface area contributed by atoms with Crippen molar-refractivity contribution in [1.82, 2.24) is 24.5 Å². The Balaban J connectivity index is 1.55. The number of halogens is 3. The van der Waals surface area contributed by atoms with Gasteiger partial charge in [-0.05, 0) is 36.4 Å². The molecule has 0 aliphatic heterocycles. The molecule has 31 heavy (non-hydrogen) atoms. The van der Waals surface area contributed by atoms with Gasteiger partial charge in [0.2, 0.25) is 11.1 Å². The van der Waals surface area contributed by atoms with Crippen LogP contribution in [0.4, 0.5) is 18.9 Å². The van der Waals surface area contributed by atoms with Crippen molar-refractivity contribution in [3.8, 4) is 11.4 Å². The summed E-state index contributed by atoms with van der Waals surface area (Å²) in [6, 6.07) is 12.1. The topological polar surface area (TPSA) is 77.6 Å². The second-order valence-corrected chi connectivity index (χ2v) is 7.25. The molecule has 0 saturated heterocycles. The second kappa shape index (κ2) is 8.64. The van der Waals surface area contributed by atoms with Gasteiger partial charge in [0.15, 0.2) is 5.82 Å². The van der Waals surface area contributed by atoms with E-state index in [1.165, 1.54) is 18.2 Å². The summed E-state index contributed by atoms with van der Waals surface area (Å²) in [5, 5.41) is 11.1. The van der Waals surface area contributed by atoms with E-state index in [0.717, 1.165) is 23.4 Å². The Morgan fingerprint density at radius 2 is 1.81 bits per heavy atom. The monoisotopic (exact) mass is 444 g/mol. The van der Waals surface area contributed by atoms with Gasteiger partial charge in [0.25, 0.3) is 0 Å². The third kappa shape index (κ3) is 4.61. The number of alkyl halides is 3. The van der Waals surface area contributed by atoms with E-state index in [-0.39, 0.29) is 11.4 Å². The van der Waals surface area contributed by atoms with Gasteiger partial charge in [-0.25, -0.2) is 4.68 Å². The van der Waals surface area contributed by atoms with E-state index in [1.807, 2.05) is 18.2 Å². The molecule has 0 fully saturated rings. The minimum Gasteiger partial charge on any atom is -0.325 e. The van der Waals surface area contributed by atoms with Crippen molar-refractivity contribution in [3.63, 3.8) is 0 Å². The number of benzene rings is 1. The standard InChI is InChI=1S/C20H15F3N6OS/c21-20(22,23)15-7-1-2-8-16(15)25-17(30)13-31-19-27-26-18(14-6-5-9-24-12-14)29(19)28-10-3-4-11-28/h1-12H,13H2,(H,25,30). The molecule has 1 amide bonds. The molecule has 3 aromatic heterocycles. The first-order chi connectivity index (χ1) is 14.9. The highest BCUT2D eigenvalue weighted by Crippen LogP contribution is 2.34. The number of carbonyl (C=O) groups is 1. The molecule has 7 nitrogen and oxygen atoms in total. The van der Waals surface area contributed by atoms with Crippen LogP contribution in [0.15, 0.2) is 78.5 Å². The molecule has 0 saturated carbocycles. The number of carbonyl (C=O) groups excluding carboxylic acids is 1. The summed E-state index contributed by atoms with van der Waals surface area (Å²) in [7, 11) is 0. The smallest absolute Gasteiger partial charge is 0.325 e. The number of pyridine rings is 1. The zero-order valence-electron chi connectivity index (χ0n) is 15.8. The Labute approximate surface area is 178 Å². The van der Waals surface area contributed by atoms with E-state index in [2.05, 4.69) is 20.5 Å². The maximum Gasteiger partial charge on any atom is 0.418 e.